The third kappa shape index (κ3) is 3.32. The van der Waals surface area contributed by atoms with E-state index in [1.807, 2.05) is 6.07 Å². The summed E-state index contributed by atoms with van der Waals surface area (Å²) in [5.41, 5.74) is 0.770. The second-order valence-electron chi connectivity index (χ2n) is 5.95. The summed E-state index contributed by atoms with van der Waals surface area (Å²) in [6, 6.07) is 3.19. The summed E-state index contributed by atoms with van der Waals surface area (Å²) in [6.45, 7) is 1.31. The molecule has 138 valence electrons. The van der Waals surface area contributed by atoms with Crippen LogP contribution in [0.25, 0.3) is 11.0 Å². The number of fused-ring (bicyclic) bond motifs is 1. The summed E-state index contributed by atoms with van der Waals surface area (Å²) >= 11 is 12.3. The van der Waals surface area contributed by atoms with Crippen molar-refractivity contribution < 1.29 is 13.6 Å². The van der Waals surface area contributed by atoms with E-state index in [0.717, 1.165) is 6.42 Å². The van der Waals surface area contributed by atoms with Gasteiger partial charge >= 0.3 is 0 Å². The van der Waals surface area contributed by atoms with Crippen LogP contribution in [0.3, 0.4) is 0 Å². The fraction of sp³-hybridized carbons (Fsp3) is 0.375. The van der Waals surface area contributed by atoms with E-state index < -0.39 is 6.04 Å². The average molecular weight is 400 g/mol. The van der Waals surface area contributed by atoms with Crippen LogP contribution in [0.2, 0.25) is 10.3 Å². The van der Waals surface area contributed by atoms with Crippen LogP contribution in [-0.4, -0.2) is 33.9 Å². The number of nitrogens with zero attached hydrogens (tertiary/aromatic N) is 4. The summed E-state index contributed by atoms with van der Waals surface area (Å²) in [4.78, 5) is 8.34. The zero-order valence-corrected chi connectivity index (χ0v) is 15.2. The first kappa shape index (κ1) is 17.4. The van der Waals surface area contributed by atoms with Crippen LogP contribution in [-0.2, 0) is 11.3 Å². The molecule has 0 spiro atoms. The van der Waals surface area contributed by atoms with Crippen LogP contribution in [0.15, 0.2) is 29.0 Å². The lowest BCUT2D eigenvalue weighted by Crippen LogP contribution is -2.42. The fourth-order valence-electron chi connectivity index (χ4n) is 2.97. The predicted molar refractivity (Wildman–Crippen MR) is 96.7 cm³/mol. The first-order chi connectivity index (χ1) is 12.6. The molecule has 1 aliphatic rings. The van der Waals surface area contributed by atoms with Crippen molar-refractivity contribution in [3.63, 3.8) is 0 Å². The Labute approximate surface area is 158 Å². The van der Waals surface area contributed by atoms with Crippen LogP contribution in [0, 0.1) is 0 Å². The van der Waals surface area contributed by atoms with Crippen molar-refractivity contribution in [1.82, 2.24) is 14.6 Å². The Hall–Kier alpha value is -2.03. The molecule has 26 heavy (non-hydrogen) atoms. The summed E-state index contributed by atoms with van der Waals surface area (Å²) in [7, 11) is 0. The maximum Gasteiger partial charge on any atom is 0.225 e. The molecule has 0 amide bonds. The highest BCUT2D eigenvalue weighted by molar-refractivity contribution is 6.36. The molecule has 1 saturated heterocycles. The van der Waals surface area contributed by atoms with Crippen molar-refractivity contribution >= 4 is 40.1 Å². The van der Waals surface area contributed by atoms with E-state index in [-0.39, 0.29) is 10.3 Å². The third-order valence-corrected chi connectivity index (χ3v) is 4.65. The van der Waals surface area contributed by atoms with E-state index in [1.54, 1.807) is 12.3 Å². The number of aromatic nitrogens is 3. The second kappa shape index (κ2) is 7.30. The Balaban J connectivity index is 1.72. The van der Waals surface area contributed by atoms with Crippen LogP contribution < -0.4 is 10.5 Å². The maximum absolute atomic E-state index is 15.1. The zero-order chi connectivity index (χ0) is 18.1. The van der Waals surface area contributed by atoms with E-state index in [4.69, 9.17) is 32.4 Å². The Morgan fingerprint density at radius 1 is 1.38 bits per heavy atom. The number of nitrogens with one attached hydrogen (secondary N) is 1. The van der Waals surface area contributed by atoms with Gasteiger partial charge in [-0.2, -0.15) is 4.98 Å². The van der Waals surface area contributed by atoms with Crippen molar-refractivity contribution in [1.29, 1.82) is 0 Å². The molecular formula is C16H16Cl2FN5O2. The molecule has 1 unspecified atom stereocenters. The minimum Gasteiger partial charge on any atom is -0.467 e. The van der Waals surface area contributed by atoms with Gasteiger partial charge in [0.05, 0.1) is 30.6 Å². The molecule has 0 aromatic carbocycles. The van der Waals surface area contributed by atoms with Crippen molar-refractivity contribution in [3.8, 4) is 0 Å². The molecule has 1 atom stereocenters. The lowest BCUT2D eigenvalue weighted by molar-refractivity contribution is 0.0527. The number of hydrogen-bond donors (Lipinski definition) is 1. The summed E-state index contributed by atoms with van der Waals surface area (Å²) in [6.07, 6.45) is 4.51. The summed E-state index contributed by atoms with van der Waals surface area (Å²) in [5.74, 6) is 1.07. The Morgan fingerprint density at radius 2 is 2.27 bits per heavy atom. The number of hydrogen-bond acceptors (Lipinski definition) is 6. The van der Waals surface area contributed by atoms with Gasteiger partial charge in [-0.05, 0) is 36.6 Å². The van der Waals surface area contributed by atoms with Gasteiger partial charge in [-0.3, -0.25) is 0 Å². The highest BCUT2D eigenvalue weighted by Crippen LogP contribution is 2.31. The number of furan rings is 1. The minimum absolute atomic E-state index is 0.0190. The molecule has 4 rings (SSSR count). The van der Waals surface area contributed by atoms with Gasteiger partial charge in [0.25, 0.3) is 0 Å². The molecule has 4 heterocycles. The lowest BCUT2D eigenvalue weighted by Gasteiger charge is -2.29. The average Bonchev–Trinajstić information content (AvgIpc) is 3.28. The predicted octanol–water partition coefficient (Wildman–Crippen LogP) is 3.94. The molecule has 0 radical (unpaired) electrons. The standard InChI is InChI=1S/C16H16Cl2FN5O2/c17-12-8-23(24(19)10-3-1-5-25-9-10)14-13(12)21-16(18)22-15(14)20-7-11-4-2-6-26-11/h2,4,6,8,10H,1,3,5,7,9H2,(H,20,21,22). The molecule has 0 aliphatic carbocycles. The van der Waals surface area contributed by atoms with E-state index in [2.05, 4.69) is 15.3 Å². The highest BCUT2D eigenvalue weighted by atomic mass is 35.5. The molecule has 3 aromatic rings. The summed E-state index contributed by atoms with van der Waals surface area (Å²) in [5, 5.41) is 4.02. The third-order valence-electron chi connectivity index (χ3n) is 4.20. The van der Waals surface area contributed by atoms with Crippen molar-refractivity contribution in [2.75, 3.05) is 23.8 Å². The lowest BCUT2D eigenvalue weighted by atomic mass is 10.1. The van der Waals surface area contributed by atoms with Crippen molar-refractivity contribution in [3.05, 3.63) is 40.7 Å². The second-order valence-corrected chi connectivity index (χ2v) is 6.70. The van der Waals surface area contributed by atoms with E-state index >= 15 is 4.48 Å². The number of anilines is 1. The normalized spacial score (nSPS) is 17.6. The molecule has 0 saturated carbocycles. The summed E-state index contributed by atoms with van der Waals surface area (Å²) < 4.78 is 27.1. The minimum atomic E-state index is -0.413. The Morgan fingerprint density at radius 3 is 3.00 bits per heavy atom. The molecule has 1 fully saturated rings. The molecule has 10 heteroatoms. The molecule has 1 N–H and O–H groups in total. The first-order valence-corrected chi connectivity index (χ1v) is 8.92. The quantitative estimate of drug-likeness (QED) is 0.517. The van der Waals surface area contributed by atoms with E-state index in [0.29, 0.717) is 54.0 Å². The Kier molecular flexibility index (Phi) is 4.88. The van der Waals surface area contributed by atoms with Gasteiger partial charge in [-0.25, -0.2) is 9.66 Å². The molecule has 3 aromatic heterocycles. The molecule has 0 bridgehead atoms. The smallest absolute Gasteiger partial charge is 0.225 e. The van der Waals surface area contributed by atoms with Gasteiger partial charge in [-0.15, -0.1) is 5.23 Å². The molecular weight excluding hydrogens is 384 g/mol. The number of rotatable bonds is 5. The van der Waals surface area contributed by atoms with Crippen LogP contribution >= 0.6 is 23.2 Å². The van der Waals surface area contributed by atoms with Crippen LogP contribution in [0.1, 0.15) is 18.6 Å². The first-order valence-electron chi connectivity index (χ1n) is 8.17. The fourth-order valence-corrected chi connectivity index (χ4v) is 3.36. The van der Waals surface area contributed by atoms with Crippen LogP contribution in [0.5, 0.6) is 0 Å². The van der Waals surface area contributed by atoms with Crippen LogP contribution in [0.4, 0.5) is 10.3 Å². The van der Waals surface area contributed by atoms with Crippen molar-refractivity contribution in [2.24, 2.45) is 0 Å². The van der Waals surface area contributed by atoms with E-state index in [9.17, 15) is 0 Å². The zero-order valence-electron chi connectivity index (χ0n) is 13.7. The molecule has 1 aliphatic heterocycles. The number of halogens is 3. The Bertz CT molecular complexity index is 896. The monoisotopic (exact) mass is 399 g/mol. The van der Waals surface area contributed by atoms with E-state index in [1.165, 1.54) is 10.9 Å². The van der Waals surface area contributed by atoms with Gasteiger partial charge < -0.3 is 14.5 Å². The maximum atomic E-state index is 15.1. The van der Waals surface area contributed by atoms with Gasteiger partial charge in [-0.1, -0.05) is 16.1 Å². The van der Waals surface area contributed by atoms with Gasteiger partial charge in [0, 0.05) is 6.61 Å². The number of ether oxygens (including phenoxy) is 1. The SMILES string of the molecule is FN(C1CCCOC1)n1cc(Cl)c2nc(Cl)nc(NCc3ccco3)c21. The largest absolute Gasteiger partial charge is 0.467 e. The van der Waals surface area contributed by atoms with Crippen molar-refractivity contribution in [2.45, 2.75) is 25.4 Å². The highest BCUT2D eigenvalue weighted by Gasteiger charge is 2.26. The topological polar surface area (TPSA) is 68.3 Å². The van der Waals surface area contributed by atoms with Gasteiger partial charge in [0.1, 0.15) is 22.8 Å². The van der Waals surface area contributed by atoms with Gasteiger partial charge in [0.2, 0.25) is 5.28 Å². The van der Waals surface area contributed by atoms with Gasteiger partial charge in [0.15, 0.2) is 5.82 Å². The molecule has 7 nitrogen and oxygen atoms in total.